The molecular formula is C17H28BrNO. The highest BCUT2D eigenvalue weighted by Gasteiger charge is 2.38. The Hall–Kier alpha value is -0.380. The second-order valence-corrected chi connectivity index (χ2v) is 6.25. The minimum absolute atomic E-state index is 0.119. The zero-order chi connectivity index (χ0) is 15.2. The second-order valence-electron chi connectivity index (χ2n) is 5.33. The van der Waals surface area contributed by atoms with Crippen LogP contribution in [0.3, 0.4) is 0 Å². The molecule has 20 heavy (non-hydrogen) atoms. The van der Waals surface area contributed by atoms with Crippen molar-refractivity contribution in [1.29, 1.82) is 0 Å². The van der Waals surface area contributed by atoms with Gasteiger partial charge in [0.15, 0.2) is 0 Å². The van der Waals surface area contributed by atoms with Crippen LogP contribution >= 0.6 is 15.9 Å². The number of nitrogens with zero attached hydrogens (tertiary/aromatic N) is 1. The van der Waals surface area contributed by atoms with Gasteiger partial charge < -0.3 is 5.11 Å². The van der Waals surface area contributed by atoms with Crippen LogP contribution in [0.15, 0.2) is 28.7 Å². The van der Waals surface area contributed by atoms with Gasteiger partial charge in [0.25, 0.3) is 0 Å². The highest BCUT2D eigenvalue weighted by atomic mass is 79.9. The van der Waals surface area contributed by atoms with E-state index in [0.29, 0.717) is 6.42 Å². The van der Waals surface area contributed by atoms with Gasteiger partial charge in [-0.25, -0.2) is 0 Å². The van der Waals surface area contributed by atoms with E-state index in [9.17, 15) is 5.11 Å². The first-order chi connectivity index (χ1) is 9.53. The Balaban J connectivity index is 2.96. The molecule has 0 fully saturated rings. The minimum Gasteiger partial charge on any atom is -0.391 e. The fourth-order valence-electron chi connectivity index (χ4n) is 3.31. The highest BCUT2D eigenvalue weighted by Crippen LogP contribution is 2.30. The van der Waals surface area contributed by atoms with Crippen LogP contribution in [0.2, 0.25) is 0 Å². The average Bonchev–Trinajstić information content (AvgIpc) is 2.44. The molecule has 1 aromatic carbocycles. The number of hydrogen-bond donors (Lipinski definition) is 1. The Bertz CT molecular complexity index is 400. The van der Waals surface area contributed by atoms with Crippen molar-refractivity contribution in [2.24, 2.45) is 0 Å². The summed E-state index contributed by atoms with van der Waals surface area (Å²) in [5.74, 6) is 0. The van der Waals surface area contributed by atoms with Crippen LogP contribution < -0.4 is 0 Å². The summed E-state index contributed by atoms with van der Waals surface area (Å²) in [5.41, 5.74) is 1.07. The van der Waals surface area contributed by atoms with Crippen molar-refractivity contribution in [3.8, 4) is 0 Å². The molecular weight excluding hydrogens is 314 g/mol. The first-order valence-electron chi connectivity index (χ1n) is 7.71. The van der Waals surface area contributed by atoms with E-state index in [1.807, 2.05) is 12.1 Å². The van der Waals surface area contributed by atoms with Crippen LogP contribution in [0.4, 0.5) is 0 Å². The molecule has 1 rings (SSSR count). The zero-order valence-corrected chi connectivity index (χ0v) is 14.8. The number of benzene rings is 1. The standard InChI is InChI=1S/C17H28BrNO/c1-5-17(6-2,19(7-3)8-4)16(20)13-14-10-9-11-15(18)12-14/h9-12,16,20H,5-8,13H2,1-4H3. The molecule has 0 saturated carbocycles. The molecule has 1 aromatic rings. The maximum atomic E-state index is 10.9. The first-order valence-corrected chi connectivity index (χ1v) is 8.50. The molecule has 1 N–H and O–H groups in total. The van der Waals surface area contributed by atoms with Crippen molar-refractivity contribution in [3.05, 3.63) is 34.3 Å². The summed E-state index contributed by atoms with van der Waals surface area (Å²) in [7, 11) is 0. The molecule has 0 saturated heterocycles. The average molecular weight is 342 g/mol. The van der Waals surface area contributed by atoms with Gasteiger partial charge >= 0.3 is 0 Å². The fraction of sp³-hybridized carbons (Fsp3) is 0.647. The van der Waals surface area contributed by atoms with Crippen LogP contribution in [0, 0.1) is 0 Å². The van der Waals surface area contributed by atoms with E-state index in [4.69, 9.17) is 0 Å². The van der Waals surface area contributed by atoms with Gasteiger partial charge in [-0.15, -0.1) is 0 Å². The van der Waals surface area contributed by atoms with E-state index in [2.05, 4.69) is 60.7 Å². The number of hydrogen-bond acceptors (Lipinski definition) is 2. The Morgan fingerprint density at radius 1 is 1.15 bits per heavy atom. The predicted molar refractivity (Wildman–Crippen MR) is 90.1 cm³/mol. The van der Waals surface area contributed by atoms with Crippen LogP contribution in [0.5, 0.6) is 0 Å². The summed E-state index contributed by atoms with van der Waals surface area (Å²) < 4.78 is 1.07. The molecule has 0 heterocycles. The Kier molecular flexibility index (Phi) is 7.21. The molecule has 0 amide bonds. The lowest BCUT2D eigenvalue weighted by atomic mass is 9.81. The largest absolute Gasteiger partial charge is 0.391 e. The Morgan fingerprint density at radius 2 is 1.75 bits per heavy atom. The van der Waals surface area contributed by atoms with E-state index in [1.54, 1.807) is 0 Å². The van der Waals surface area contributed by atoms with Crippen molar-refractivity contribution in [2.45, 2.75) is 58.6 Å². The van der Waals surface area contributed by atoms with Crippen LogP contribution in [0.25, 0.3) is 0 Å². The molecule has 2 nitrogen and oxygen atoms in total. The lowest BCUT2D eigenvalue weighted by molar-refractivity contribution is -0.0340. The van der Waals surface area contributed by atoms with Crippen molar-refractivity contribution >= 4 is 15.9 Å². The maximum absolute atomic E-state index is 10.9. The van der Waals surface area contributed by atoms with E-state index in [1.165, 1.54) is 5.56 Å². The van der Waals surface area contributed by atoms with Gasteiger partial charge in [-0.2, -0.15) is 0 Å². The summed E-state index contributed by atoms with van der Waals surface area (Å²) in [5, 5.41) is 10.9. The lowest BCUT2D eigenvalue weighted by Crippen LogP contribution is -2.56. The molecule has 0 spiro atoms. The van der Waals surface area contributed by atoms with Gasteiger partial charge in [-0.05, 0) is 43.6 Å². The number of aliphatic hydroxyl groups excluding tert-OH is 1. The molecule has 114 valence electrons. The Morgan fingerprint density at radius 3 is 2.20 bits per heavy atom. The van der Waals surface area contributed by atoms with Crippen LogP contribution in [-0.4, -0.2) is 34.7 Å². The summed E-state index contributed by atoms with van der Waals surface area (Å²) in [6.45, 7) is 10.7. The highest BCUT2D eigenvalue weighted by molar-refractivity contribution is 9.10. The summed E-state index contributed by atoms with van der Waals surface area (Å²) in [4.78, 5) is 2.41. The third-order valence-electron chi connectivity index (χ3n) is 4.56. The van der Waals surface area contributed by atoms with Crippen molar-refractivity contribution in [3.63, 3.8) is 0 Å². The zero-order valence-electron chi connectivity index (χ0n) is 13.2. The monoisotopic (exact) mass is 341 g/mol. The van der Waals surface area contributed by atoms with Gasteiger partial charge in [0, 0.05) is 16.4 Å². The molecule has 0 aromatic heterocycles. The molecule has 0 aliphatic heterocycles. The van der Waals surface area contributed by atoms with E-state index < -0.39 is 0 Å². The van der Waals surface area contributed by atoms with Crippen molar-refractivity contribution < 1.29 is 5.11 Å². The molecule has 0 radical (unpaired) electrons. The van der Waals surface area contributed by atoms with E-state index in [0.717, 1.165) is 30.4 Å². The lowest BCUT2D eigenvalue weighted by Gasteiger charge is -2.46. The van der Waals surface area contributed by atoms with Crippen molar-refractivity contribution in [2.75, 3.05) is 13.1 Å². The topological polar surface area (TPSA) is 23.5 Å². The minimum atomic E-state index is -0.341. The van der Waals surface area contributed by atoms with Crippen LogP contribution in [0.1, 0.15) is 46.1 Å². The summed E-state index contributed by atoms with van der Waals surface area (Å²) >= 11 is 3.50. The maximum Gasteiger partial charge on any atom is 0.0763 e. The molecule has 0 aliphatic carbocycles. The summed E-state index contributed by atoms with van der Waals surface area (Å²) in [6.07, 6.45) is 2.31. The molecule has 0 bridgehead atoms. The van der Waals surface area contributed by atoms with E-state index in [-0.39, 0.29) is 11.6 Å². The molecule has 1 unspecified atom stereocenters. The first kappa shape index (κ1) is 17.7. The number of rotatable bonds is 8. The van der Waals surface area contributed by atoms with Gasteiger partial charge in [-0.1, -0.05) is 55.8 Å². The van der Waals surface area contributed by atoms with Crippen molar-refractivity contribution in [1.82, 2.24) is 4.90 Å². The normalized spacial score (nSPS) is 13.8. The SMILES string of the molecule is CCN(CC)C(CC)(CC)C(O)Cc1cccc(Br)c1. The molecule has 3 heteroatoms. The molecule has 1 atom stereocenters. The fourth-order valence-corrected chi connectivity index (χ4v) is 3.76. The third-order valence-corrected chi connectivity index (χ3v) is 5.05. The smallest absolute Gasteiger partial charge is 0.0763 e. The third kappa shape index (κ3) is 3.84. The quantitative estimate of drug-likeness (QED) is 0.763. The van der Waals surface area contributed by atoms with Gasteiger partial charge in [0.2, 0.25) is 0 Å². The van der Waals surface area contributed by atoms with Crippen LogP contribution in [-0.2, 0) is 6.42 Å². The van der Waals surface area contributed by atoms with Gasteiger partial charge in [0.05, 0.1) is 6.10 Å². The van der Waals surface area contributed by atoms with E-state index >= 15 is 0 Å². The molecule has 0 aliphatic rings. The second kappa shape index (κ2) is 8.16. The predicted octanol–water partition coefficient (Wildman–Crippen LogP) is 4.25. The Labute approximate surface area is 132 Å². The number of aliphatic hydroxyl groups is 1. The van der Waals surface area contributed by atoms with Gasteiger partial charge in [-0.3, -0.25) is 4.90 Å². The van der Waals surface area contributed by atoms with Gasteiger partial charge in [0.1, 0.15) is 0 Å². The number of halogens is 1. The summed E-state index contributed by atoms with van der Waals surface area (Å²) in [6, 6.07) is 8.24. The number of likely N-dealkylation sites (N-methyl/N-ethyl adjacent to an activating group) is 1.